The molecule has 0 aliphatic heterocycles. The van der Waals surface area contributed by atoms with Gasteiger partial charge in [-0.15, -0.1) is 0 Å². The predicted molar refractivity (Wildman–Crippen MR) is 44.6 cm³/mol. The van der Waals surface area contributed by atoms with E-state index in [-0.39, 0.29) is 6.04 Å². The first-order valence-electron chi connectivity index (χ1n) is 3.84. The van der Waals surface area contributed by atoms with E-state index in [4.69, 9.17) is 5.11 Å². The van der Waals surface area contributed by atoms with Gasteiger partial charge in [0, 0.05) is 0 Å². The SMILES string of the molecule is CC(C)CC(C(=O)O)N(C)C. The Morgan fingerprint density at radius 3 is 2.00 bits per heavy atom. The van der Waals surface area contributed by atoms with E-state index >= 15 is 0 Å². The molecule has 1 atom stereocenters. The fourth-order valence-corrected chi connectivity index (χ4v) is 0.979. The van der Waals surface area contributed by atoms with E-state index in [1.807, 2.05) is 13.8 Å². The van der Waals surface area contributed by atoms with Crippen LogP contribution in [0.4, 0.5) is 0 Å². The third-order valence-corrected chi connectivity index (χ3v) is 1.60. The van der Waals surface area contributed by atoms with Crippen LogP contribution in [0.3, 0.4) is 0 Å². The van der Waals surface area contributed by atoms with Gasteiger partial charge in [-0.1, -0.05) is 13.8 Å². The van der Waals surface area contributed by atoms with Gasteiger partial charge in [0.05, 0.1) is 0 Å². The third-order valence-electron chi connectivity index (χ3n) is 1.60. The number of hydrogen-bond acceptors (Lipinski definition) is 2. The Labute approximate surface area is 68.0 Å². The Balaban J connectivity index is 4.01. The molecule has 3 nitrogen and oxygen atoms in total. The molecule has 66 valence electrons. The molecular formula is C8H17NO2. The summed E-state index contributed by atoms with van der Waals surface area (Å²) in [6, 6.07) is -0.338. The molecule has 0 aromatic rings. The molecule has 0 heterocycles. The summed E-state index contributed by atoms with van der Waals surface area (Å²) in [4.78, 5) is 12.4. The summed E-state index contributed by atoms with van der Waals surface area (Å²) in [7, 11) is 3.59. The number of likely N-dealkylation sites (N-methyl/N-ethyl adjacent to an activating group) is 1. The summed E-state index contributed by atoms with van der Waals surface area (Å²) in [6.45, 7) is 4.05. The van der Waals surface area contributed by atoms with Crippen LogP contribution in [0.5, 0.6) is 0 Å². The average molecular weight is 159 g/mol. The first kappa shape index (κ1) is 10.4. The van der Waals surface area contributed by atoms with Crippen LogP contribution in [0.2, 0.25) is 0 Å². The molecule has 0 amide bonds. The van der Waals surface area contributed by atoms with E-state index in [0.29, 0.717) is 12.3 Å². The van der Waals surface area contributed by atoms with Crippen molar-refractivity contribution in [3.63, 3.8) is 0 Å². The van der Waals surface area contributed by atoms with Crippen molar-refractivity contribution in [3.05, 3.63) is 0 Å². The van der Waals surface area contributed by atoms with E-state index in [2.05, 4.69) is 0 Å². The topological polar surface area (TPSA) is 40.5 Å². The fourth-order valence-electron chi connectivity index (χ4n) is 0.979. The first-order chi connectivity index (χ1) is 4.95. The second kappa shape index (κ2) is 4.34. The Bertz CT molecular complexity index is 132. The van der Waals surface area contributed by atoms with Crippen LogP contribution in [0.1, 0.15) is 20.3 Å². The van der Waals surface area contributed by atoms with Crippen molar-refractivity contribution in [1.29, 1.82) is 0 Å². The van der Waals surface area contributed by atoms with Gasteiger partial charge in [-0.05, 0) is 26.4 Å². The minimum Gasteiger partial charge on any atom is -0.480 e. The molecule has 11 heavy (non-hydrogen) atoms. The Morgan fingerprint density at radius 2 is 1.91 bits per heavy atom. The van der Waals surface area contributed by atoms with Crippen molar-refractivity contribution in [3.8, 4) is 0 Å². The Hall–Kier alpha value is -0.570. The van der Waals surface area contributed by atoms with Gasteiger partial charge >= 0.3 is 5.97 Å². The Kier molecular flexibility index (Phi) is 4.11. The van der Waals surface area contributed by atoms with E-state index in [1.165, 1.54) is 0 Å². The number of carboxylic acids is 1. The normalized spacial score (nSPS) is 14.0. The number of hydrogen-bond donors (Lipinski definition) is 1. The van der Waals surface area contributed by atoms with E-state index < -0.39 is 5.97 Å². The maximum atomic E-state index is 10.6. The number of carboxylic acid groups (broad SMARTS) is 1. The van der Waals surface area contributed by atoms with Crippen molar-refractivity contribution in [2.75, 3.05) is 14.1 Å². The number of nitrogens with zero attached hydrogens (tertiary/aromatic N) is 1. The molecular weight excluding hydrogens is 142 g/mol. The zero-order valence-corrected chi connectivity index (χ0v) is 7.66. The van der Waals surface area contributed by atoms with Gasteiger partial charge in [0.1, 0.15) is 6.04 Å². The summed E-state index contributed by atoms with van der Waals surface area (Å²) in [6.07, 6.45) is 0.711. The largest absolute Gasteiger partial charge is 0.480 e. The molecule has 1 N–H and O–H groups in total. The molecule has 3 heteroatoms. The molecule has 0 aliphatic rings. The Morgan fingerprint density at radius 1 is 1.45 bits per heavy atom. The van der Waals surface area contributed by atoms with Crippen molar-refractivity contribution < 1.29 is 9.90 Å². The highest BCUT2D eigenvalue weighted by Gasteiger charge is 2.20. The van der Waals surface area contributed by atoms with Crippen molar-refractivity contribution >= 4 is 5.97 Å². The monoisotopic (exact) mass is 159 g/mol. The van der Waals surface area contributed by atoms with E-state index in [1.54, 1.807) is 19.0 Å². The van der Waals surface area contributed by atoms with Crippen LogP contribution < -0.4 is 0 Å². The molecule has 0 aromatic carbocycles. The smallest absolute Gasteiger partial charge is 0.320 e. The van der Waals surface area contributed by atoms with Crippen LogP contribution in [-0.4, -0.2) is 36.1 Å². The van der Waals surface area contributed by atoms with Crippen LogP contribution in [-0.2, 0) is 4.79 Å². The minimum absolute atomic E-state index is 0.338. The van der Waals surface area contributed by atoms with Crippen molar-refractivity contribution in [2.45, 2.75) is 26.3 Å². The molecule has 0 radical (unpaired) electrons. The molecule has 0 aliphatic carbocycles. The van der Waals surface area contributed by atoms with Crippen LogP contribution in [0, 0.1) is 5.92 Å². The highest BCUT2D eigenvalue weighted by molar-refractivity contribution is 5.73. The van der Waals surface area contributed by atoms with Gasteiger partial charge in [-0.25, -0.2) is 0 Å². The lowest BCUT2D eigenvalue weighted by Crippen LogP contribution is -2.36. The fraction of sp³-hybridized carbons (Fsp3) is 0.875. The standard InChI is InChI=1S/C8H17NO2/c1-6(2)5-7(8(10)11)9(3)4/h6-7H,5H2,1-4H3,(H,10,11). The molecule has 0 fully saturated rings. The molecule has 1 unspecified atom stereocenters. The first-order valence-corrected chi connectivity index (χ1v) is 3.84. The summed E-state index contributed by atoms with van der Waals surface area (Å²) in [5, 5.41) is 8.75. The van der Waals surface area contributed by atoms with Gasteiger partial charge in [0.2, 0.25) is 0 Å². The van der Waals surface area contributed by atoms with Crippen LogP contribution in [0.25, 0.3) is 0 Å². The summed E-state index contributed by atoms with van der Waals surface area (Å²) < 4.78 is 0. The van der Waals surface area contributed by atoms with E-state index in [9.17, 15) is 4.79 Å². The summed E-state index contributed by atoms with van der Waals surface area (Å²) >= 11 is 0. The molecule has 0 rings (SSSR count). The highest BCUT2D eigenvalue weighted by Crippen LogP contribution is 2.08. The lowest BCUT2D eigenvalue weighted by molar-refractivity contribution is -0.142. The molecule has 0 saturated heterocycles. The van der Waals surface area contributed by atoms with Crippen molar-refractivity contribution in [1.82, 2.24) is 4.90 Å². The second-order valence-corrected chi connectivity index (χ2v) is 3.45. The highest BCUT2D eigenvalue weighted by atomic mass is 16.4. The van der Waals surface area contributed by atoms with Crippen LogP contribution in [0.15, 0.2) is 0 Å². The van der Waals surface area contributed by atoms with Gasteiger partial charge in [-0.3, -0.25) is 9.69 Å². The second-order valence-electron chi connectivity index (χ2n) is 3.45. The molecule has 0 saturated carbocycles. The summed E-state index contributed by atoms with van der Waals surface area (Å²) in [5.74, 6) is -0.304. The molecule has 0 spiro atoms. The molecule has 0 aromatic heterocycles. The quantitative estimate of drug-likeness (QED) is 0.666. The lowest BCUT2D eigenvalue weighted by atomic mass is 10.0. The lowest BCUT2D eigenvalue weighted by Gasteiger charge is -2.21. The zero-order valence-electron chi connectivity index (χ0n) is 7.66. The predicted octanol–water partition coefficient (Wildman–Crippen LogP) is 1.05. The maximum Gasteiger partial charge on any atom is 0.320 e. The molecule has 0 bridgehead atoms. The average Bonchev–Trinajstić information content (AvgIpc) is 1.81. The van der Waals surface area contributed by atoms with Crippen molar-refractivity contribution in [2.24, 2.45) is 5.92 Å². The number of carbonyl (C=O) groups is 1. The van der Waals surface area contributed by atoms with E-state index in [0.717, 1.165) is 0 Å². The number of rotatable bonds is 4. The van der Waals surface area contributed by atoms with Gasteiger partial charge < -0.3 is 5.11 Å². The van der Waals surface area contributed by atoms with Gasteiger partial charge in [0.15, 0.2) is 0 Å². The summed E-state index contributed by atoms with van der Waals surface area (Å²) in [5.41, 5.74) is 0. The maximum absolute atomic E-state index is 10.6. The van der Waals surface area contributed by atoms with Crippen LogP contribution >= 0.6 is 0 Å². The number of aliphatic carboxylic acids is 1. The minimum atomic E-state index is -0.733. The third kappa shape index (κ3) is 3.98. The zero-order chi connectivity index (χ0) is 9.02. The van der Waals surface area contributed by atoms with Gasteiger partial charge in [0.25, 0.3) is 0 Å². The van der Waals surface area contributed by atoms with Gasteiger partial charge in [-0.2, -0.15) is 0 Å².